The van der Waals surface area contributed by atoms with Gasteiger partial charge in [0.25, 0.3) is 0 Å². The standard InChI is InChI=1S/C22H17BrClF3N2O3S/c23-16-8-6-15(7-9-16)13-29(33(31,32)18-4-2-1-3-5-18)14-21(30)28-17-10-11-20(24)19(12-17)22(25,26)27/h1-12H,13-14H2,(H,28,30). The summed E-state index contributed by atoms with van der Waals surface area (Å²) in [5.41, 5.74) is -0.639. The lowest BCUT2D eigenvalue weighted by Crippen LogP contribution is -2.37. The molecule has 0 aliphatic rings. The van der Waals surface area contributed by atoms with E-state index < -0.39 is 39.2 Å². The predicted octanol–water partition coefficient (Wildman–Crippen LogP) is 5.95. The third kappa shape index (κ3) is 6.57. The zero-order chi connectivity index (χ0) is 24.2. The van der Waals surface area contributed by atoms with Crippen LogP contribution in [0.2, 0.25) is 5.02 Å². The number of nitrogens with one attached hydrogen (secondary N) is 1. The van der Waals surface area contributed by atoms with Gasteiger partial charge in [0.1, 0.15) is 0 Å². The Bertz CT molecular complexity index is 1240. The minimum Gasteiger partial charge on any atom is -0.325 e. The molecule has 0 atom stereocenters. The van der Waals surface area contributed by atoms with Crippen LogP contribution in [0.1, 0.15) is 11.1 Å². The van der Waals surface area contributed by atoms with Gasteiger partial charge in [-0.3, -0.25) is 4.79 Å². The number of rotatable bonds is 7. The van der Waals surface area contributed by atoms with Crippen molar-refractivity contribution in [1.82, 2.24) is 4.31 Å². The highest BCUT2D eigenvalue weighted by molar-refractivity contribution is 9.10. The first-order chi connectivity index (χ1) is 15.5. The third-order valence-electron chi connectivity index (χ3n) is 4.53. The summed E-state index contributed by atoms with van der Waals surface area (Å²) in [4.78, 5) is 12.6. The summed E-state index contributed by atoms with van der Waals surface area (Å²) in [6.45, 7) is -0.733. The molecule has 11 heteroatoms. The van der Waals surface area contributed by atoms with Gasteiger partial charge in [-0.25, -0.2) is 8.42 Å². The number of anilines is 1. The van der Waals surface area contributed by atoms with Crippen LogP contribution in [0, 0.1) is 0 Å². The smallest absolute Gasteiger partial charge is 0.325 e. The summed E-state index contributed by atoms with van der Waals surface area (Å²) >= 11 is 8.91. The van der Waals surface area contributed by atoms with E-state index in [1.165, 1.54) is 18.2 Å². The number of nitrogens with zero attached hydrogens (tertiary/aromatic N) is 1. The molecule has 3 rings (SSSR count). The largest absolute Gasteiger partial charge is 0.417 e. The van der Waals surface area contributed by atoms with Gasteiger partial charge in [0.05, 0.1) is 22.0 Å². The molecule has 0 fully saturated rings. The number of benzene rings is 3. The second kappa shape index (κ2) is 10.3. The molecule has 3 aromatic rings. The fourth-order valence-electron chi connectivity index (χ4n) is 2.94. The lowest BCUT2D eigenvalue weighted by atomic mass is 10.2. The molecule has 0 heterocycles. The Hall–Kier alpha value is -2.40. The van der Waals surface area contributed by atoms with E-state index in [-0.39, 0.29) is 17.1 Å². The van der Waals surface area contributed by atoms with E-state index in [1.807, 2.05) is 0 Å². The van der Waals surface area contributed by atoms with Crippen molar-refractivity contribution >= 4 is 49.1 Å². The van der Waals surface area contributed by atoms with Crippen molar-refractivity contribution in [2.75, 3.05) is 11.9 Å². The Morgan fingerprint density at radius 2 is 1.64 bits per heavy atom. The van der Waals surface area contributed by atoms with Gasteiger partial charge >= 0.3 is 6.18 Å². The SMILES string of the molecule is O=C(CN(Cc1ccc(Br)cc1)S(=O)(=O)c1ccccc1)Nc1ccc(Cl)c(C(F)(F)F)c1. The molecule has 0 saturated carbocycles. The van der Waals surface area contributed by atoms with E-state index in [2.05, 4.69) is 21.2 Å². The van der Waals surface area contributed by atoms with Gasteiger partial charge in [-0.15, -0.1) is 0 Å². The predicted molar refractivity (Wildman–Crippen MR) is 123 cm³/mol. The molecule has 5 nitrogen and oxygen atoms in total. The highest BCUT2D eigenvalue weighted by Gasteiger charge is 2.33. The first-order valence-corrected chi connectivity index (χ1v) is 12.0. The molecule has 1 N–H and O–H groups in total. The first-order valence-electron chi connectivity index (χ1n) is 9.43. The molecule has 0 bridgehead atoms. The van der Waals surface area contributed by atoms with Gasteiger partial charge < -0.3 is 5.32 Å². The molecule has 33 heavy (non-hydrogen) atoms. The second-order valence-corrected chi connectivity index (χ2v) is 10.2. The number of sulfonamides is 1. The molecule has 0 unspecified atom stereocenters. The number of hydrogen-bond acceptors (Lipinski definition) is 3. The number of carbonyl (C=O) groups is 1. The van der Waals surface area contributed by atoms with Crippen molar-refractivity contribution in [1.29, 1.82) is 0 Å². The summed E-state index contributed by atoms with van der Waals surface area (Å²) in [5, 5.41) is 1.81. The second-order valence-electron chi connectivity index (χ2n) is 6.95. The van der Waals surface area contributed by atoms with Gasteiger partial charge in [-0.1, -0.05) is 57.9 Å². The van der Waals surface area contributed by atoms with Crippen LogP contribution in [0.4, 0.5) is 18.9 Å². The maximum atomic E-state index is 13.2. The van der Waals surface area contributed by atoms with Crippen molar-refractivity contribution in [3.05, 3.63) is 93.4 Å². The Balaban J connectivity index is 1.87. The average Bonchev–Trinajstić information content (AvgIpc) is 2.76. The molecular weight excluding hydrogens is 545 g/mol. The van der Waals surface area contributed by atoms with Crippen LogP contribution >= 0.6 is 27.5 Å². The normalized spacial score (nSPS) is 12.1. The van der Waals surface area contributed by atoms with Gasteiger partial charge in [0.2, 0.25) is 15.9 Å². The average molecular weight is 562 g/mol. The van der Waals surface area contributed by atoms with Gasteiger partial charge in [0, 0.05) is 16.7 Å². The van der Waals surface area contributed by atoms with Gasteiger partial charge in [-0.2, -0.15) is 17.5 Å². The van der Waals surface area contributed by atoms with E-state index in [9.17, 15) is 26.4 Å². The maximum absolute atomic E-state index is 13.2. The van der Waals surface area contributed by atoms with Crippen LogP contribution in [0.25, 0.3) is 0 Å². The van der Waals surface area contributed by atoms with Crippen LogP contribution in [0.5, 0.6) is 0 Å². The lowest BCUT2D eigenvalue weighted by Gasteiger charge is -2.22. The zero-order valence-corrected chi connectivity index (χ0v) is 20.0. The van der Waals surface area contributed by atoms with E-state index in [0.717, 1.165) is 14.8 Å². The van der Waals surface area contributed by atoms with Crippen LogP contribution in [0.3, 0.4) is 0 Å². The van der Waals surface area contributed by atoms with Crippen molar-refractivity contribution in [3.8, 4) is 0 Å². The highest BCUT2D eigenvalue weighted by atomic mass is 79.9. The summed E-state index contributed by atoms with van der Waals surface area (Å²) < 4.78 is 67.4. The summed E-state index contributed by atoms with van der Waals surface area (Å²) in [6.07, 6.45) is -4.71. The maximum Gasteiger partial charge on any atom is 0.417 e. The van der Waals surface area contributed by atoms with Gasteiger partial charge in [-0.05, 0) is 48.0 Å². The quantitative estimate of drug-likeness (QED) is 0.388. The van der Waals surface area contributed by atoms with E-state index in [4.69, 9.17) is 11.6 Å². The van der Waals surface area contributed by atoms with E-state index >= 15 is 0 Å². The fourth-order valence-corrected chi connectivity index (χ4v) is 4.84. The Morgan fingerprint density at radius 1 is 1.00 bits per heavy atom. The molecule has 0 saturated heterocycles. The summed E-state index contributed by atoms with van der Waals surface area (Å²) in [7, 11) is -4.08. The fraction of sp³-hybridized carbons (Fsp3) is 0.136. The van der Waals surface area contributed by atoms with Crippen molar-refractivity contribution < 1.29 is 26.4 Å². The molecule has 1 amide bonds. The number of hydrogen-bond donors (Lipinski definition) is 1. The number of carbonyl (C=O) groups excluding carboxylic acids is 1. The van der Waals surface area contributed by atoms with Crippen molar-refractivity contribution in [2.45, 2.75) is 17.6 Å². The molecule has 0 aliphatic heterocycles. The van der Waals surface area contributed by atoms with Crippen LogP contribution < -0.4 is 5.32 Å². The van der Waals surface area contributed by atoms with Gasteiger partial charge in [0.15, 0.2) is 0 Å². The Morgan fingerprint density at radius 3 is 2.24 bits per heavy atom. The van der Waals surface area contributed by atoms with Crippen molar-refractivity contribution in [2.24, 2.45) is 0 Å². The minimum absolute atomic E-state index is 0.0132. The highest BCUT2D eigenvalue weighted by Crippen LogP contribution is 2.36. The Kier molecular flexibility index (Phi) is 7.84. The number of amides is 1. The topological polar surface area (TPSA) is 66.5 Å². The summed E-state index contributed by atoms with van der Waals surface area (Å²) in [5.74, 6) is -0.804. The number of alkyl halides is 3. The molecule has 174 valence electrons. The summed E-state index contributed by atoms with van der Waals surface area (Å²) in [6, 6.07) is 17.3. The molecule has 0 spiro atoms. The minimum atomic E-state index is -4.71. The van der Waals surface area contributed by atoms with Crippen LogP contribution in [-0.4, -0.2) is 25.2 Å². The molecular formula is C22H17BrClF3N2O3S. The van der Waals surface area contributed by atoms with Crippen LogP contribution in [0.15, 0.2) is 82.2 Å². The number of halogens is 5. The molecule has 3 aromatic carbocycles. The first kappa shape index (κ1) is 25.2. The monoisotopic (exact) mass is 560 g/mol. The van der Waals surface area contributed by atoms with E-state index in [1.54, 1.807) is 42.5 Å². The van der Waals surface area contributed by atoms with Crippen LogP contribution in [-0.2, 0) is 27.5 Å². The third-order valence-corrected chi connectivity index (χ3v) is 7.19. The Labute approximate surface area is 202 Å². The van der Waals surface area contributed by atoms with E-state index in [0.29, 0.717) is 11.6 Å². The molecule has 0 aliphatic carbocycles. The molecule has 0 radical (unpaired) electrons. The van der Waals surface area contributed by atoms with Crippen molar-refractivity contribution in [3.63, 3.8) is 0 Å². The zero-order valence-electron chi connectivity index (χ0n) is 16.8. The lowest BCUT2D eigenvalue weighted by molar-refractivity contribution is -0.137. The molecule has 0 aromatic heterocycles.